The first-order valence-electron chi connectivity index (χ1n) is 11.8. The third kappa shape index (κ3) is 4.39. The van der Waals surface area contributed by atoms with E-state index in [4.69, 9.17) is 15.1 Å². The molecule has 0 aliphatic carbocycles. The van der Waals surface area contributed by atoms with Crippen LogP contribution in [0.25, 0.3) is 11.3 Å². The van der Waals surface area contributed by atoms with E-state index in [0.29, 0.717) is 17.9 Å². The highest BCUT2D eigenvalue weighted by molar-refractivity contribution is 5.67. The van der Waals surface area contributed by atoms with E-state index in [2.05, 4.69) is 46.2 Å². The smallest absolute Gasteiger partial charge is 0.128 e. The van der Waals surface area contributed by atoms with Crippen LogP contribution in [-0.4, -0.2) is 47.5 Å². The lowest BCUT2D eigenvalue weighted by molar-refractivity contribution is 0.0282. The van der Waals surface area contributed by atoms with Crippen molar-refractivity contribution in [3.05, 3.63) is 71.4 Å². The first-order chi connectivity index (χ1) is 16.2. The van der Waals surface area contributed by atoms with Crippen LogP contribution in [-0.2, 0) is 13.6 Å². The Labute approximate surface area is 195 Å². The monoisotopic (exact) mass is 441 g/mol. The molecule has 3 saturated heterocycles. The highest BCUT2D eigenvalue weighted by atomic mass is 16.5. The molecule has 3 aliphatic heterocycles. The van der Waals surface area contributed by atoms with E-state index < -0.39 is 0 Å². The number of ether oxygens (including phenoxy) is 1. The van der Waals surface area contributed by atoms with Crippen LogP contribution in [0.3, 0.4) is 0 Å². The summed E-state index contributed by atoms with van der Waals surface area (Å²) < 4.78 is 7.63. The molecule has 0 spiro atoms. The second-order valence-electron chi connectivity index (χ2n) is 9.26. The predicted molar refractivity (Wildman–Crippen MR) is 129 cm³/mol. The fourth-order valence-electron chi connectivity index (χ4n) is 5.64. The number of rotatable bonds is 7. The first kappa shape index (κ1) is 21.7. The fraction of sp³-hybridized carbons (Fsp3) is 0.407. The first-order valence-corrected chi connectivity index (χ1v) is 11.8. The SMILES string of the molecule is COc1ccccc1-c1cc(C2CN3CCC2CC3CNCc2cccc(C#N)c2)n(C)n1. The Balaban J connectivity index is 1.24. The van der Waals surface area contributed by atoms with E-state index in [9.17, 15) is 0 Å². The van der Waals surface area contributed by atoms with Crippen molar-refractivity contribution in [2.45, 2.75) is 31.3 Å². The average Bonchev–Trinajstić information content (AvgIpc) is 3.25. The van der Waals surface area contributed by atoms with Crippen LogP contribution in [0.1, 0.15) is 35.6 Å². The van der Waals surface area contributed by atoms with Gasteiger partial charge in [-0.2, -0.15) is 10.4 Å². The molecule has 4 unspecified atom stereocenters. The summed E-state index contributed by atoms with van der Waals surface area (Å²) in [5.41, 5.74) is 5.25. The van der Waals surface area contributed by atoms with E-state index in [1.807, 2.05) is 36.4 Å². The Hall–Kier alpha value is -3.14. The van der Waals surface area contributed by atoms with E-state index in [0.717, 1.165) is 42.2 Å². The summed E-state index contributed by atoms with van der Waals surface area (Å²) in [5.74, 6) is 2.07. The van der Waals surface area contributed by atoms with Crippen LogP contribution >= 0.6 is 0 Å². The molecule has 0 radical (unpaired) electrons. The molecular weight excluding hydrogens is 410 g/mol. The number of benzene rings is 2. The molecule has 1 aromatic heterocycles. The molecule has 0 amide bonds. The van der Waals surface area contributed by atoms with E-state index in [-0.39, 0.29) is 0 Å². The summed E-state index contributed by atoms with van der Waals surface area (Å²) >= 11 is 0. The summed E-state index contributed by atoms with van der Waals surface area (Å²) in [5, 5.41) is 17.6. The van der Waals surface area contributed by atoms with Crippen molar-refractivity contribution in [2.75, 3.05) is 26.7 Å². The minimum absolute atomic E-state index is 0.517. The number of hydrogen-bond acceptors (Lipinski definition) is 5. The minimum Gasteiger partial charge on any atom is -0.496 e. The summed E-state index contributed by atoms with van der Waals surface area (Å²) in [7, 11) is 3.78. The van der Waals surface area contributed by atoms with Crippen molar-refractivity contribution in [3.8, 4) is 23.1 Å². The molecule has 6 rings (SSSR count). The number of para-hydroxylation sites is 1. The van der Waals surface area contributed by atoms with Crippen molar-refractivity contribution in [3.63, 3.8) is 0 Å². The Bertz CT molecular complexity index is 1160. The fourth-order valence-corrected chi connectivity index (χ4v) is 5.64. The maximum absolute atomic E-state index is 9.10. The van der Waals surface area contributed by atoms with Gasteiger partial charge in [0.2, 0.25) is 0 Å². The van der Waals surface area contributed by atoms with Crippen LogP contribution in [0.5, 0.6) is 5.75 Å². The molecule has 1 N–H and O–H groups in total. The minimum atomic E-state index is 0.517. The topological polar surface area (TPSA) is 66.1 Å². The zero-order valence-corrected chi connectivity index (χ0v) is 19.4. The van der Waals surface area contributed by atoms with Gasteiger partial charge in [-0.25, -0.2) is 0 Å². The normalized spacial score (nSPS) is 23.9. The van der Waals surface area contributed by atoms with Gasteiger partial charge in [-0.3, -0.25) is 9.58 Å². The highest BCUT2D eigenvalue weighted by Gasteiger charge is 2.41. The summed E-state index contributed by atoms with van der Waals surface area (Å²) in [6.45, 7) is 4.05. The standard InChI is InChI=1S/C27H31N5O/c1-31-26(14-25(30-31)23-8-3-4-9-27(23)33-2)24-18-32-11-10-21(24)13-22(32)17-29-16-20-7-5-6-19(12-20)15-28/h3-9,12,14,21-22,24,29H,10-11,13,16-18H2,1-2H3. The summed E-state index contributed by atoms with van der Waals surface area (Å²) in [6.07, 6.45) is 2.46. The molecule has 4 atom stereocenters. The zero-order valence-electron chi connectivity index (χ0n) is 19.4. The summed E-state index contributed by atoms with van der Waals surface area (Å²) in [6, 6.07) is 21.0. The quantitative estimate of drug-likeness (QED) is 0.602. The van der Waals surface area contributed by atoms with Crippen molar-refractivity contribution in [1.29, 1.82) is 5.26 Å². The van der Waals surface area contributed by atoms with Gasteiger partial charge < -0.3 is 10.1 Å². The second kappa shape index (κ2) is 9.38. The number of nitrogens with zero attached hydrogens (tertiary/aromatic N) is 4. The van der Waals surface area contributed by atoms with Crippen LogP contribution in [0.2, 0.25) is 0 Å². The second-order valence-corrected chi connectivity index (χ2v) is 9.26. The number of aromatic nitrogens is 2. The number of methoxy groups -OCH3 is 1. The van der Waals surface area contributed by atoms with Crippen LogP contribution in [0, 0.1) is 17.2 Å². The Morgan fingerprint density at radius 1 is 1.18 bits per heavy atom. The van der Waals surface area contributed by atoms with Gasteiger partial charge in [0, 0.05) is 49.9 Å². The van der Waals surface area contributed by atoms with Crippen molar-refractivity contribution in [1.82, 2.24) is 20.0 Å². The largest absolute Gasteiger partial charge is 0.496 e. The van der Waals surface area contributed by atoms with E-state index in [1.165, 1.54) is 30.6 Å². The Kier molecular flexibility index (Phi) is 6.17. The van der Waals surface area contributed by atoms with Crippen LogP contribution < -0.4 is 10.1 Å². The Morgan fingerprint density at radius 3 is 2.85 bits per heavy atom. The molecule has 3 aliphatic rings. The van der Waals surface area contributed by atoms with Gasteiger partial charge in [-0.05, 0) is 61.2 Å². The maximum Gasteiger partial charge on any atom is 0.128 e. The molecule has 0 saturated carbocycles. The molecular formula is C27H31N5O. The third-order valence-corrected chi connectivity index (χ3v) is 7.32. The van der Waals surface area contributed by atoms with Crippen molar-refractivity contribution >= 4 is 0 Å². The van der Waals surface area contributed by atoms with Crippen molar-refractivity contribution < 1.29 is 4.74 Å². The predicted octanol–water partition coefficient (Wildman–Crippen LogP) is 3.93. The maximum atomic E-state index is 9.10. The lowest BCUT2D eigenvalue weighted by Crippen LogP contribution is -2.55. The number of nitrogens with one attached hydrogen (secondary N) is 1. The van der Waals surface area contributed by atoms with Crippen LogP contribution in [0.4, 0.5) is 0 Å². The molecule has 4 heterocycles. The third-order valence-electron chi connectivity index (χ3n) is 7.32. The molecule has 6 heteroatoms. The molecule has 33 heavy (non-hydrogen) atoms. The molecule has 3 fully saturated rings. The molecule has 170 valence electrons. The van der Waals surface area contributed by atoms with Gasteiger partial charge in [-0.1, -0.05) is 24.3 Å². The van der Waals surface area contributed by atoms with Gasteiger partial charge in [0.1, 0.15) is 5.75 Å². The van der Waals surface area contributed by atoms with Gasteiger partial charge >= 0.3 is 0 Å². The number of hydrogen-bond donors (Lipinski definition) is 1. The molecule has 2 aromatic carbocycles. The van der Waals surface area contributed by atoms with Gasteiger partial charge in [0.15, 0.2) is 0 Å². The highest BCUT2D eigenvalue weighted by Crippen LogP contribution is 2.42. The number of nitriles is 1. The van der Waals surface area contributed by atoms with Gasteiger partial charge in [-0.15, -0.1) is 0 Å². The van der Waals surface area contributed by atoms with Gasteiger partial charge in [0.05, 0.1) is 24.4 Å². The van der Waals surface area contributed by atoms with Crippen molar-refractivity contribution in [2.24, 2.45) is 13.0 Å². The molecule has 3 aromatic rings. The van der Waals surface area contributed by atoms with Gasteiger partial charge in [0.25, 0.3) is 0 Å². The van der Waals surface area contributed by atoms with E-state index >= 15 is 0 Å². The number of fused-ring (bicyclic) bond motifs is 3. The average molecular weight is 442 g/mol. The molecule has 6 nitrogen and oxygen atoms in total. The summed E-state index contributed by atoms with van der Waals surface area (Å²) in [4.78, 5) is 2.65. The van der Waals surface area contributed by atoms with E-state index in [1.54, 1.807) is 7.11 Å². The number of piperidine rings is 3. The lowest BCUT2D eigenvalue weighted by Gasteiger charge is -2.50. The number of aryl methyl sites for hydroxylation is 1. The lowest BCUT2D eigenvalue weighted by atomic mass is 9.74. The molecule has 2 bridgehead atoms. The van der Waals surface area contributed by atoms with Crippen LogP contribution in [0.15, 0.2) is 54.6 Å². The zero-order chi connectivity index (χ0) is 22.8. The Morgan fingerprint density at radius 2 is 2.06 bits per heavy atom.